The fraction of sp³-hybridized carbons (Fsp3) is 0.938. The maximum atomic E-state index is 11.5. The van der Waals surface area contributed by atoms with Gasteiger partial charge in [-0.05, 0) is 31.6 Å². The summed E-state index contributed by atoms with van der Waals surface area (Å²) in [4.78, 5) is 14.1. The van der Waals surface area contributed by atoms with Gasteiger partial charge in [0.1, 0.15) is 6.29 Å². The van der Waals surface area contributed by atoms with Crippen LogP contribution in [0.1, 0.15) is 66.2 Å². The highest BCUT2D eigenvalue weighted by Gasteiger charge is 2.36. The van der Waals surface area contributed by atoms with Crippen molar-refractivity contribution < 1.29 is 4.79 Å². The van der Waals surface area contributed by atoms with E-state index in [9.17, 15) is 4.79 Å². The SMILES string of the molecule is CCC(CC)N(CC(C)C)CC1(C=O)CCCC1. The predicted molar refractivity (Wildman–Crippen MR) is 77.7 cm³/mol. The van der Waals surface area contributed by atoms with E-state index in [-0.39, 0.29) is 5.41 Å². The first-order chi connectivity index (χ1) is 8.56. The maximum Gasteiger partial charge on any atom is 0.127 e. The summed E-state index contributed by atoms with van der Waals surface area (Å²) in [6, 6.07) is 0.643. The van der Waals surface area contributed by atoms with Gasteiger partial charge in [0, 0.05) is 24.5 Å². The van der Waals surface area contributed by atoms with Crippen molar-refractivity contribution in [3.63, 3.8) is 0 Å². The van der Waals surface area contributed by atoms with Crippen LogP contribution in [0.4, 0.5) is 0 Å². The first-order valence-corrected chi connectivity index (χ1v) is 7.77. The van der Waals surface area contributed by atoms with Crippen LogP contribution in [0.15, 0.2) is 0 Å². The second-order valence-corrected chi connectivity index (χ2v) is 6.48. The quantitative estimate of drug-likeness (QED) is 0.612. The first-order valence-electron chi connectivity index (χ1n) is 7.77. The van der Waals surface area contributed by atoms with E-state index in [2.05, 4.69) is 32.6 Å². The van der Waals surface area contributed by atoms with E-state index in [1.165, 1.54) is 32.0 Å². The lowest BCUT2D eigenvalue weighted by Gasteiger charge is -2.37. The van der Waals surface area contributed by atoms with E-state index in [1.54, 1.807) is 0 Å². The first kappa shape index (κ1) is 15.7. The number of rotatable bonds is 8. The second-order valence-electron chi connectivity index (χ2n) is 6.48. The van der Waals surface area contributed by atoms with Gasteiger partial charge in [0.2, 0.25) is 0 Å². The number of nitrogens with zero attached hydrogens (tertiary/aromatic N) is 1. The van der Waals surface area contributed by atoms with Crippen LogP contribution in [0.5, 0.6) is 0 Å². The molecule has 1 fully saturated rings. The average Bonchev–Trinajstić information content (AvgIpc) is 2.79. The normalized spacial score (nSPS) is 19.1. The molecule has 0 aromatic carbocycles. The van der Waals surface area contributed by atoms with Crippen molar-refractivity contribution in [2.75, 3.05) is 13.1 Å². The number of aldehydes is 1. The molecule has 0 radical (unpaired) electrons. The highest BCUT2D eigenvalue weighted by Crippen LogP contribution is 2.37. The number of carbonyl (C=O) groups excluding carboxylic acids is 1. The molecule has 0 unspecified atom stereocenters. The van der Waals surface area contributed by atoms with Gasteiger partial charge in [-0.1, -0.05) is 40.5 Å². The van der Waals surface area contributed by atoms with Gasteiger partial charge in [-0.15, -0.1) is 0 Å². The molecule has 2 heteroatoms. The molecule has 2 nitrogen and oxygen atoms in total. The molecule has 0 aliphatic heterocycles. The van der Waals surface area contributed by atoms with Gasteiger partial charge in [-0.2, -0.15) is 0 Å². The molecule has 1 rings (SSSR count). The van der Waals surface area contributed by atoms with Gasteiger partial charge in [0.25, 0.3) is 0 Å². The molecule has 1 aliphatic rings. The molecule has 0 aromatic heterocycles. The van der Waals surface area contributed by atoms with Crippen molar-refractivity contribution in [1.82, 2.24) is 4.90 Å². The van der Waals surface area contributed by atoms with E-state index in [1.807, 2.05) is 0 Å². The summed E-state index contributed by atoms with van der Waals surface area (Å²) in [6.45, 7) is 11.2. The summed E-state index contributed by atoms with van der Waals surface area (Å²) in [5.74, 6) is 0.677. The predicted octanol–water partition coefficient (Wildman–Crippen LogP) is 3.89. The zero-order chi connectivity index (χ0) is 13.6. The largest absolute Gasteiger partial charge is 0.303 e. The summed E-state index contributed by atoms with van der Waals surface area (Å²) in [6.07, 6.45) is 8.32. The lowest BCUT2D eigenvalue weighted by molar-refractivity contribution is -0.117. The molecule has 0 amide bonds. The van der Waals surface area contributed by atoms with E-state index in [0.29, 0.717) is 12.0 Å². The number of hydrogen-bond donors (Lipinski definition) is 0. The molecule has 0 atom stereocenters. The highest BCUT2D eigenvalue weighted by molar-refractivity contribution is 5.60. The molecule has 0 bridgehead atoms. The standard InChI is InChI=1S/C16H31NO/c1-5-15(6-2)17(11-14(3)4)12-16(13-18)9-7-8-10-16/h13-15H,5-12H2,1-4H3. The van der Waals surface area contributed by atoms with Gasteiger partial charge >= 0.3 is 0 Å². The summed E-state index contributed by atoms with van der Waals surface area (Å²) in [5.41, 5.74) is -0.0303. The van der Waals surface area contributed by atoms with Crippen LogP contribution in [0.2, 0.25) is 0 Å². The fourth-order valence-corrected chi connectivity index (χ4v) is 3.41. The molecule has 0 saturated heterocycles. The van der Waals surface area contributed by atoms with Gasteiger partial charge in [0.05, 0.1) is 0 Å². The Balaban J connectivity index is 2.72. The Hall–Kier alpha value is -0.370. The minimum atomic E-state index is -0.0303. The van der Waals surface area contributed by atoms with Crippen molar-refractivity contribution in [2.24, 2.45) is 11.3 Å². The van der Waals surface area contributed by atoms with Crippen molar-refractivity contribution in [2.45, 2.75) is 72.3 Å². The van der Waals surface area contributed by atoms with Crippen LogP contribution in [-0.2, 0) is 4.79 Å². The molecule has 1 saturated carbocycles. The molecular formula is C16H31NO. The maximum absolute atomic E-state index is 11.5. The third kappa shape index (κ3) is 4.08. The van der Waals surface area contributed by atoms with Crippen LogP contribution < -0.4 is 0 Å². The third-order valence-corrected chi connectivity index (χ3v) is 4.43. The Bertz CT molecular complexity index is 239. The number of hydrogen-bond acceptors (Lipinski definition) is 2. The topological polar surface area (TPSA) is 20.3 Å². The summed E-state index contributed by atoms with van der Waals surface area (Å²) in [5, 5.41) is 0. The van der Waals surface area contributed by atoms with E-state index in [4.69, 9.17) is 0 Å². The molecule has 0 spiro atoms. The van der Waals surface area contributed by atoms with Crippen LogP contribution in [0, 0.1) is 11.3 Å². The minimum Gasteiger partial charge on any atom is -0.303 e. The highest BCUT2D eigenvalue weighted by atomic mass is 16.1. The fourth-order valence-electron chi connectivity index (χ4n) is 3.41. The van der Waals surface area contributed by atoms with Crippen LogP contribution in [0.25, 0.3) is 0 Å². The number of carbonyl (C=O) groups is 1. The Kier molecular flexibility index (Phi) is 6.34. The van der Waals surface area contributed by atoms with Crippen molar-refractivity contribution in [3.05, 3.63) is 0 Å². The molecule has 1 aliphatic carbocycles. The zero-order valence-corrected chi connectivity index (χ0v) is 12.7. The van der Waals surface area contributed by atoms with Gasteiger partial charge in [0.15, 0.2) is 0 Å². The third-order valence-electron chi connectivity index (χ3n) is 4.43. The van der Waals surface area contributed by atoms with Gasteiger partial charge in [-0.3, -0.25) is 4.90 Å². The Labute approximate surface area is 113 Å². The lowest BCUT2D eigenvalue weighted by Crippen LogP contribution is -2.44. The summed E-state index contributed by atoms with van der Waals surface area (Å²) < 4.78 is 0. The van der Waals surface area contributed by atoms with Gasteiger partial charge < -0.3 is 4.79 Å². The second kappa shape index (κ2) is 7.28. The lowest BCUT2D eigenvalue weighted by atomic mass is 9.86. The molecule has 0 aromatic rings. The summed E-state index contributed by atoms with van der Waals surface area (Å²) in [7, 11) is 0. The molecule has 0 N–H and O–H groups in total. The zero-order valence-electron chi connectivity index (χ0n) is 12.7. The van der Waals surface area contributed by atoms with E-state index in [0.717, 1.165) is 25.9 Å². The van der Waals surface area contributed by atoms with E-state index < -0.39 is 0 Å². The minimum absolute atomic E-state index is 0.0303. The van der Waals surface area contributed by atoms with Gasteiger partial charge in [-0.25, -0.2) is 0 Å². The van der Waals surface area contributed by atoms with Crippen LogP contribution >= 0.6 is 0 Å². The monoisotopic (exact) mass is 253 g/mol. The van der Waals surface area contributed by atoms with Crippen molar-refractivity contribution in [3.8, 4) is 0 Å². The Morgan fingerprint density at radius 2 is 1.72 bits per heavy atom. The van der Waals surface area contributed by atoms with Crippen molar-refractivity contribution in [1.29, 1.82) is 0 Å². The molecule has 18 heavy (non-hydrogen) atoms. The average molecular weight is 253 g/mol. The molecular weight excluding hydrogens is 222 g/mol. The summed E-state index contributed by atoms with van der Waals surface area (Å²) >= 11 is 0. The van der Waals surface area contributed by atoms with Crippen molar-refractivity contribution >= 4 is 6.29 Å². The Morgan fingerprint density at radius 3 is 2.11 bits per heavy atom. The smallest absolute Gasteiger partial charge is 0.127 e. The van der Waals surface area contributed by atoms with E-state index >= 15 is 0 Å². The van der Waals surface area contributed by atoms with Crippen LogP contribution in [0.3, 0.4) is 0 Å². The molecule has 106 valence electrons. The Morgan fingerprint density at radius 1 is 1.17 bits per heavy atom. The van der Waals surface area contributed by atoms with Crippen LogP contribution in [-0.4, -0.2) is 30.3 Å². The molecule has 0 heterocycles.